The SMILES string of the molecule is COc1ccc(N(C)C(=O)[C@@H]2Cc3cccc(c3)CCCc3[nH]c4ccccc4c3CC(O)N2)cc1. The summed E-state index contributed by atoms with van der Waals surface area (Å²) in [6.07, 6.45) is 2.92. The fourth-order valence-electron chi connectivity index (χ4n) is 5.19. The predicted octanol–water partition coefficient (Wildman–Crippen LogP) is 4.39. The molecule has 5 rings (SSSR count). The van der Waals surface area contributed by atoms with Crippen LogP contribution in [-0.4, -0.2) is 42.4 Å². The van der Waals surface area contributed by atoms with Crippen molar-refractivity contribution in [3.63, 3.8) is 0 Å². The van der Waals surface area contributed by atoms with E-state index in [1.807, 2.05) is 36.4 Å². The molecule has 6 nitrogen and oxygen atoms in total. The first kappa shape index (κ1) is 24.1. The van der Waals surface area contributed by atoms with Crippen LogP contribution in [0.1, 0.15) is 28.8 Å². The van der Waals surface area contributed by atoms with Gasteiger partial charge >= 0.3 is 0 Å². The minimum atomic E-state index is -0.870. The number of fused-ring (bicyclic) bond motifs is 5. The van der Waals surface area contributed by atoms with Crippen LogP contribution in [0.15, 0.2) is 72.8 Å². The highest BCUT2D eigenvalue weighted by Crippen LogP contribution is 2.26. The lowest BCUT2D eigenvalue weighted by Crippen LogP contribution is -2.50. The van der Waals surface area contributed by atoms with E-state index in [1.165, 1.54) is 5.56 Å². The van der Waals surface area contributed by atoms with Gasteiger partial charge in [-0.05, 0) is 72.7 Å². The van der Waals surface area contributed by atoms with Crippen LogP contribution >= 0.6 is 0 Å². The third-order valence-corrected chi connectivity index (χ3v) is 7.10. The Bertz CT molecular complexity index is 1350. The normalized spacial score (nSPS) is 18.4. The van der Waals surface area contributed by atoms with E-state index in [-0.39, 0.29) is 5.91 Å². The average Bonchev–Trinajstić information content (AvgIpc) is 3.24. The van der Waals surface area contributed by atoms with Gasteiger partial charge in [0.1, 0.15) is 12.0 Å². The first-order chi connectivity index (χ1) is 17.5. The van der Waals surface area contributed by atoms with E-state index in [4.69, 9.17) is 4.74 Å². The number of ether oxygens (including phenoxy) is 1. The van der Waals surface area contributed by atoms with Gasteiger partial charge in [-0.15, -0.1) is 0 Å². The molecular weight excluding hydrogens is 450 g/mol. The minimum absolute atomic E-state index is 0.0985. The third-order valence-electron chi connectivity index (χ3n) is 7.10. The molecule has 3 N–H and O–H groups in total. The molecule has 36 heavy (non-hydrogen) atoms. The van der Waals surface area contributed by atoms with Gasteiger partial charge in [-0.1, -0.05) is 42.5 Å². The number of benzene rings is 3. The number of hydrogen-bond donors (Lipinski definition) is 3. The number of hydrogen-bond acceptors (Lipinski definition) is 4. The molecule has 1 aliphatic heterocycles. The Labute approximate surface area is 211 Å². The minimum Gasteiger partial charge on any atom is -0.497 e. The highest BCUT2D eigenvalue weighted by molar-refractivity contribution is 5.97. The van der Waals surface area contributed by atoms with Gasteiger partial charge in [0.25, 0.3) is 0 Å². The highest BCUT2D eigenvalue weighted by atomic mass is 16.5. The number of aryl methyl sites for hydroxylation is 2. The van der Waals surface area contributed by atoms with Crippen molar-refractivity contribution in [1.82, 2.24) is 10.3 Å². The summed E-state index contributed by atoms with van der Waals surface area (Å²) in [5.74, 6) is 0.639. The van der Waals surface area contributed by atoms with Gasteiger partial charge in [0, 0.05) is 35.8 Å². The maximum absolute atomic E-state index is 13.7. The van der Waals surface area contributed by atoms with Crippen molar-refractivity contribution in [2.45, 2.75) is 44.4 Å². The van der Waals surface area contributed by atoms with Crippen molar-refractivity contribution in [3.8, 4) is 5.75 Å². The number of carbonyl (C=O) groups excluding carboxylic acids is 1. The summed E-state index contributed by atoms with van der Waals surface area (Å²) in [5, 5.41) is 15.6. The van der Waals surface area contributed by atoms with Gasteiger partial charge in [-0.25, -0.2) is 0 Å². The van der Waals surface area contributed by atoms with Gasteiger partial charge in [-0.2, -0.15) is 0 Å². The first-order valence-electron chi connectivity index (χ1n) is 12.5. The number of nitrogens with one attached hydrogen (secondary N) is 2. The molecule has 0 radical (unpaired) electrons. The molecule has 2 heterocycles. The molecule has 0 fully saturated rings. The van der Waals surface area contributed by atoms with Crippen molar-refractivity contribution in [2.75, 3.05) is 19.1 Å². The Morgan fingerprint density at radius 2 is 1.75 bits per heavy atom. The standard InChI is InChI=1S/C30H33N3O3/c1-33(22-13-15-23(36-2)16-14-22)30(35)28-18-21-9-5-7-20(17-21)8-6-12-27-25(19-29(34)32-28)24-10-3-4-11-26(24)31-27/h3-5,7,9-11,13-17,28-29,31-32,34H,6,8,12,18-19H2,1-2H3/t28-,29?/m0/s1. The highest BCUT2D eigenvalue weighted by Gasteiger charge is 2.27. The van der Waals surface area contributed by atoms with Gasteiger partial charge in [0.15, 0.2) is 0 Å². The van der Waals surface area contributed by atoms with Crippen LogP contribution in [-0.2, 0) is 30.5 Å². The molecule has 0 saturated heterocycles. The summed E-state index contributed by atoms with van der Waals surface area (Å²) < 4.78 is 5.25. The summed E-state index contributed by atoms with van der Waals surface area (Å²) in [4.78, 5) is 18.9. The lowest BCUT2D eigenvalue weighted by Gasteiger charge is -2.27. The number of aliphatic hydroxyl groups excluding tert-OH is 1. The van der Waals surface area contributed by atoms with E-state index >= 15 is 0 Å². The van der Waals surface area contributed by atoms with Crippen LogP contribution in [0.5, 0.6) is 5.75 Å². The number of methoxy groups -OCH3 is 1. The molecule has 1 unspecified atom stereocenters. The molecule has 6 heteroatoms. The number of carbonyl (C=O) groups is 1. The van der Waals surface area contributed by atoms with Crippen LogP contribution in [0.2, 0.25) is 0 Å². The summed E-state index contributed by atoms with van der Waals surface area (Å²) in [7, 11) is 3.39. The quantitative estimate of drug-likeness (QED) is 0.404. The van der Waals surface area contributed by atoms with Crippen LogP contribution in [0, 0.1) is 0 Å². The lowest BCUT2D eigenvalue weighted by atomic mass is 9.99. The monoisotopic (exact) mass is 483 g/mol. The maximum atomic E-state index is 13.7. The predicted molar refractivity (Wildman–Crippen MR) is 144 cm³/mol. The van der Waals surface area contributed by atoms with Gasteiger partial charge in [0.05, 0.1) is 13.2 Å². The molecule has 1 aromatic heterocycles. The van der Waals surface area contributed by atoms with E-state index in [1.54, 1.807) is 19.1 Å². The fraction of sp³-hybridized carbons (Fsp3) is 0.300. The second kappa shape index (κ2) is 10.6. The van der Waals surface area contributed by atoms with Crippen LogP contribution < -0.4 is 15.0 Å². The number of anilines is 1. The molecule has 3 aromatic carbocycles. The van der Waals surface area contributed by atoms with Crippen molar-refractivity contribution in [2.24, 2.45) is 0 Å². The summed E-state index contributed by atoms with van der Waals surface area (Å²) in [5.41, 5.74) is 6.47. The van der Waals surface area contributed by atoms with Crippen molar-refractivity contribution >= 4 is 22.5 Å². The Balaban J connectivity index is 1.47. The Kier molecular flexibility index (Phi) is 7.07. The van der Waals surface area contributed by atoms with Crippen molar-refractivity contribution in [1.29, 1.82) is 0 Å². The van der Waals surface area contributed by atoms with Crippen LogP contribution in [0.25, 0.3) is 10.9 Å². The van der Waals surface area contributed by atoms with E-state index < -0.39 is 12.3 Å². The number of aromatic amines is 1. The van der Waals surface area contributed by atoms with E-state index in [2.05, 4.69) is 46.7 Å². The zero-order chi connectivity index (χ0) is 25.1. The molecular formula is C30H33N3O3. The Morgan fingerprint density at radius 3 is 2.56 bits per heavy atom. The van der Waals surface area contributed by atoms with Gasteiger partial charge < -0.3 is 19.7 Å². The Morgan fingerprint density at radius 1 is 0.972 bits per heavy atom. The molecule has 0 aliphatic carbocycles. The van der Waals surface area contributed by atoms with Crippen LogP contribution in [0.4, 0.5) is 5.69 Å². The summed E-state index contributed by atoms with van der Waals surface area (Å²) in [6, 6.07) is 23.5. The van der Waals surface area contributed by atoms with E-state index in [0.717, 1.165) is 58.4 Å². The zero-order valence-corrected chi connectivity index (χ0v) is 20.8. The molecule has 0 saturated carbocycles. The number of aliphatic hydroxyl groups is 1. The van der Waals surface area contributed by atoms with Crippen molar-refractivity contribution < 1.29 is 14.6 Å². The molecule has 1 aliphatic rings. The number of amides is 1. The third kappa shape index (κ3) is 5.15. The smallest absolute Gasteiger partial charge is 0.244 e. The van der Waals surface area contributed by atoms with Crippen LogP contribution in [0.3, 0.4) is 0 Å². The number of nitrogens with zero attached hydrogens (tertiary/aromatic N) is 1. The topological polar surface area (TPSA) is 77.6 Å². The first-order valence-corrected chi connectivity index (χ1v) is 12.5. The maximum Gasteiger partial charge on any atom is 0.244 e. The summed E-state index contributed by atoms with van der Waals surface area (Å²) >= 11 is 0. The number of aromatic nitrogens is 1. The Hall–Kier alpha value is -3.61. The van der Waals surface area contributed by atoms with E-state index in [9.17, 15) is 9.90 Å². The molecule has 4 aromatic rings. The van der Waals surface area contributed by atoms with Crippen molar-refractivity contribution in [3.05, 3.63) is 95.2 Å². The van der Waals surface area contributed by atoms with E-state index in [0.29, 0.717) is 12.8 Å². The lowest BCUT2D eigenvalue weighted by molar-refractivity contribution is -0.121. The molecule has 2 atom stereocenters. The zero-order valence-electron chi connectivity index (χ0n) is 20.8. The number of para-hydroxylation sites is 1. The molecule has 186 valence electrons. The second-order valence-corrected chi connectivity index (χ2v) is 9.54. The molecule has 2 bridgehead atoms. The number of H-pyrrole nitrogens is 1. The average molecular weight is 484 g/mol. The number of likely N-dealkylation sites (N-methyl/N-ethyl adjacent to an activating group) is 1. The summed E-state index contributed by atoms with van der Waals surface area (Å²) in [6.45, 7) is 0. The number of rotatable bonds is 3. The fourth-order valence-corrected chi connectivity index (χ4v) is 5.19. The molecule has 1 amide bonds. The largest absolute Gasteiger partial charge is 0.497 e. The molecule has 0 spiro atoms. The van der Waals surface area contributed by atoms with Gasteiger partial charge in [0.2, 0.25) is 5.91 Å². The van der Waals surface area contributed by atoms with Gasteiger partial charge in [-0.3, -0.25) is 10.1 Å². The second-order valence-electron chi connectivity index (χ2n) is 9.54.